The van der Waals surface area contributed by atoms with Crippen LogP contribution in [0.1, 0.15) is 6.92 Å². The number of hydrogen-bond donors (Lipinski definition) is 0. The third-order valence-electron chi connectivity index (χ3n) is 1.22. The van der Waals surface area contributed by atoms with Crippen molar-refractivity contribution in [3.63, 3.8) is 0 Å². The Labute approximate surface area is 94.0 Å². The van der Waals surface area contributed by atoms with Crippen LogP contribution in [0.4, 0.5) is 39.5 Å². The number of ether oxygens (including phenoxy) is 2. The van der Waals surface area contributed by atoms with Crippen molar-refractivity contribution >= 4 is 0 Å². The summed E-state index contributed by atoms with van der Waals surface area (Å²) in [5, 5.41) is 0. The van der Waals surface area contributed by atoms with E-state index >= 15 is 0 Å². The van der Waals surface area contributed by atoms with Crippen LogP contribution < -0.4 is 0 Å². The Balaban J connectivity index is 5.08. The Morgan fingerprint density at radius 3 is 1.44 bits per heavy atom. The SMILES string of the molecule is C=C(F)C(F)(F)OC(F)(F)C(F)(F)OC(C)(F)F. The topological polar surface area (TPSA) is 18.5 Å². The summed E-state index contributed by atoms with van der Waals surface area (Å²) < 4.78 is 115. The lowest BCUT2D eigenvalue weighted by Crippen LogP contribution is -2.51. The first-order chi connectivity index (χ1) is 7.61. The molecule has 108 valence electrons. The van der Waals surface area contributed by atoms with E-state index in [9.17, 15) is 39.5 Å². The molecule has 2 nitrogen and oxygen atoms in total. The van der Waals surface area contributed by atoms with Crippen molar-refractivity contribution in [2.45, 2.75) is 31.4 Å². The Morgan fingerprint density at radius 2 is 1.17 bits per heavy atom. The molecule has 0 saturated heterocycles. The van der Waals surface area contributed by atoms with E-state index in [2.05, 4.69) is 9.47 Å². The van der Waals surface area contributed by atoms with Gasteiger partial charge in [-0.25, -0.2) is 13.9 Å². The molecule has 0 aliphatic rings. The molecule has 0 aliphatic carbocycles. The minimum atomic E-state index is -6.22. The van der Waals surface area contributed by atoms with Gasteiger partial charge in [0.2, 0.25) is 0 Å². The Bertz CT molecular complexity index is 319. The molecule has 0 amide bonds. The molecule has 0 spiro atoms. The highest BCUT2D eigenvalue weighted by Gasteiger charge is 2.67. The fourth-order valence-electron chi connectivity index (χ4n) is 0.560. The van der Waals surface area contributed by atoms with E-state index < -0.39 is 30.3 Å². The summed E-state index contributed by atoms with van der Waals surface area (Å²) in [6.07, 6.45) is -22.6. The molecule has 0 N–H and O–H groups in total. The van der Waals surface area contributed by atoms with Crippen molar-refractivity contribution in [2.24, 2.45) is 0 Å². The third-order valence-corrected chi connectivity index (χ3v) is 1.22. The number of halogens is 9. The first-order valence-corrected chi connectivity index (χ1v) is 3.87. The highest BCUT2D eigenvalue weighted by molar-refractivity contribution is 4.92. The lowest BCUT2D eigenvalue weighted by atomic mass is 10.5. The Hall–Kier alpha value is -0.970. The molecule has 0 fully saturated rings. The van der Waals surface area contributed by atoms with Crippen LogP contribution in [-0.2, 0) is 9.47 Å². The normalized spacial score (nSPS) is 14.8. The maximum atomic E-state index is 12.5. The first-order valence-electron chi connectivity index (χ1n) is 3.87. The van der Waals surface area contributed by atoms with Gasteiger partial charge in [-0.3, -0.25) is 0 Å². The maximum absolute atomic E-state index is 12.5. The highest BCUT2D eigenvalue weighted by atomic mass is 19.3. The Kier molecular flexibility index (Phi) is 4.36. The fraction of sp³-hybridized carbons (Fsp3) is 0.714. The predicted molar refractivity (Wildman–Crippen MR) is 37.9 cm³/mol. The van der Waals surface area contributed by atoms with Crippen molar-refractivity contribution in [2.75, 3.05) is 0 Å². The monoisotopic (exact) mass is 292 g/mol. The van der Waals surface area contributed by atoms with E-state index in [1.165, 1.54) is 0 Å². The van der Waals surface area contributed by atoms with Crippen LogP contribution in [0, 0.1) is 0 Å². The molecule has 0 aromatic heterocycles. The summed E-state index contributed by atoms with van der Waals surface area (Å²) in [4.78, 5) is 0. The van der Waals surface area contributed by atoms with Crippen LogP contribution in [0.2, 0.25) is 0 Å². The second-order valence-electron chi connectivity index (χ2n) is 2.97. The van der Waals surface area contributed by atoms with Crippen LogP contribution >= 0.6 is 0 Å². The summed E-state index contributed by atoms with van der Waals surface area (Å²) in [6, 6.07) is 0. The third kappa shape index (κ3) is 4.37. The van der Waals surface area contributed by atoms with Gasteiger partial charge in [0.1, 0.15) is 0 Å². The summed E-state index contributed by atoms with van der Waals surface area (Å²) in [7, 11) is 0. The molecular weight excluding hydrogens is 287 g/mol. The van der Waals surface area contributed by atoms with Gasteiger partial charge in [-0.05, 0) is 0 Å². The van der Waals surface area contributed by atoms with Crippen molar-refractivity contribution in [3.05, 3.63) is 12.4 Å². The van der Waals surface area contributed by atoms with Crippen LogP contribution in [-0.4, -0.2) is 24.4 Å². The maximum Gasteiger partial charge on any atom is 0.453 e. The summed E-state index contributed by atoms with van der Waals surface area (Å²) in [5.41, 5.74) is 0. The van der Waals surface area contributed by atoms with Crippen LogP contribution in [0.3, 0.4) is 0 Å². The standard InChI is InChI=1S/C7H5F9O2/c1-3(8)5(11,12)18-7(15,16)6(13,14)17-4(2,9)10/h1H2,2H3. The molecule has 0 atom stereocenters. The lowest BCUT2D eigenvalue weighted by Gasteiger charge is -2.29. The van der Waals surface area contributed by atoms with E-state index in [0.29, 0.717) is 0 Å². The molecule has 0 aromatic rings. The smallest absolute Gasteiger partial charge is 0.248 e. The van der Waals surface area contributed by atoms with Crippen LogP contribution in [0.5, 0.6) is 0 Å². The van der Waals surface area contributed by atoms with Gasteiger partial charge in [0.05, 0.1) is 0 Å². The molecule has 0 radical (unpaired) electrons. The number of hydrogen-bond acceptors (Lipinski definition) is 2. The zero-order chi connectivity index (χ0) is 15.0. The first kappa shape index (κ1) is 17.0. The van der Waals surface area contributed by atoms with E-state index in [0.717, 1.165) is 0 Å². The quantitative estimate of drug-likeness (QED) is 0.691. The van der Waals surface area contributed by atoms with E-state index in [-0.39, 0.29) is 6.92 Å². The average molecular weight is 292 g/mol. The summed E-state index contributed by atoms with van der Waals surface area (Å²) in [6.45, 7) is 1.51. The lowest BCUT2D eigenvalue weighted by molar-refractivity contribution is -0.507. The number of alkyl halides is 8. The van der Waals surface area contributed by atoms with Gasteiger partial charge in [-0.1, -0.05) is 6.58 Å². The van der Waals surface area contributed by atoms with Gasteiger partial charge >= 0.3 is 24.4 Å². The second kappa shape index (κ2) is 4.61. The molecule has 0 saturated carbocycles. The molecule has 0 unspecified atom stereocenters. The molecule has 11 heteroatoms. The predicted octanol–water partition coefficient (Wildman–Crippen LogP) is 3.89. The van der Waals surface area contributed by atoms with Gasteiger partial charge in [-0.15, -0.1) is 0 Å². The molecule has 18 heavy (non-hydrogen) atoms. The van der Waals surface area contributed by atoms with Crippen LogP contribution in [0.15, 0.2) is 12.4 Å². The fourth-order valence-corrected chi connectivity index (χ4v) is 0.560. The molecule has 0 rings (SSSR count). The summed E-state index contributed by atoms with van der Waals surface area (Å²) in [5.74, 6) is -2.82. The minimum absolute atomic E-state index is 0.344. The van der Waals surface area contributed by atoms with Gasteiger partial charge in [0, 0.05) is 6.92 Å². The largest absolute Gasteiger partial charge is 0.453 e. The van der Waals surface area contributed by atoms with Crippen molar-refractivity contribution in [1.29, 1.82) is 0 Å². The van der Waals surface area contributed by atoms with Crippen molar-refractivity contribution in [3.8, 4) is 0 Å². The minimum Gasteiger partial charge on any atom is -0.248 e. The molecular formula is C7H5F9O2. The van der Waals surface area contributed by atoms with E-state index in [1.54, 1.807) is 0 Å². The molecule has 0 heterocycles. The van der Waals surface area contributed by atoms with E-state index in [4.69, 9.17) is 0 Å². The highest BCUT2D eigenvalue weighted by Crippen LogP contribution is 2.44. The van der Waals surface area contributed by atoms with Gasteiger partial charge in [0.25, 0.3) is 0 Å². The summed E-state index contributed by atoms with van der Waals surface area (Å²) >= 11 is 0. The average Bonchev–Trinajstić information content (AvgIpc) is 1.95. The zero-order valence-electron chi connectivity index (χ0n) is 8.43. The molecule has 0 aliphatic heterocycles. The second-order valence-corrected chi connectivity index (χ2v) is 2.97. The zero-order valence-corrected chi connectivity index (χ0v) is 8.43. The van der Waals surface area contributed by atoms with Gasteiger partial charge < -0.3 is 0 Å². The van der Waals surface area contributed by atoms with Crippen LogP contribution in [0.25, 0.3) is 0 Å². The van der Waals surface area contributed by atoms with Gasteiger partial charge in [-0.2, -0.15) is 35.1 Å². The Morgan fingerprint density at radius 1 is 0.833 bits per heavy atom. The van der Waals surface area contributed by atoms with Crippen molar-refractivity contribution < 1.29 is 49.0 Å². The molecule has 0 bridgehead atoms. The van der Waals surface area contributed by atoms with Gasteiger partial charge in [0.15, 0.2) is 5.83 Å². The van der Waals surface area contributed by atoms with E-state index in [1.807, 2.05) is 6.58 Å². The molecule has 0 aromatic carbocycles. The van der Waals surface area contributed by atoms with Crippen molar-refractivity contribution in [1.82, 2.24) is 0 Å². The number of rotatable bonds is 6.